The molecule has 0 aliphatic rings. The number of carbonyl (C=O) groups is 1. The molecule has 0 aromatic heterocycles. The molecule has 134 valence electrons. The van der Waals surface area contributed by atoms with E-state index < -0.39 is 25.6 Å². The monoisotopic (exact) mass is 381 g/mol. The third-order valence-corrected chi connectivity index (χ3v) is 6.43. The fourth-order valence-corrected chi connectivity index (χ4v) is 4.28. The lowest BCUT2D eigenvalue weighted by Crippen LogP contribution is -2.18. The summed E-state index contributed by atoms with van der Waals surface area (Å²) >= 11 is 0. The molecule has 0 saturated carbocycles. The Balaban J connectivity index is 2.08. The predicted octanol–water partition coefficient (Wildman–Crippen LogP) is 2.20. The van der Waals surface area contributed by atoms with Gasteiger partial charge < -0.3 is 5.32 Å². The molecule has 0 aliphatic carbocycles. The van der Waals surface area contributed by atoms with Gasteiger partial charge in [-0.1, -0.05) is 29.8 Å². The molecule has 1 amide bonds. The SMILES string of the molecule is Cc1ccc(S(=O)(=O)CCC(=O)Nc2ccccc2S(C)(=O)=O)cc1. The molecular formula is C17H19NO5S2. The number of anilines is 1. The van der Waals surface area contributed by atoms with Gasteiger partial charge in [0.25, 0.3) is 0 Å². The Hall–Kier alpha value is -2.19. The third-order valence-electron chi connectivity index (χ3n) is 3.54. The summed E-state index contributed by atoms with van der Waals surface area (Å²) in [6.07, 6.45) is 0.772. The number of para-hydroxylation sites is 1. The van der Waals surface area contributed by atoms with Gasteiger partial charge >= 0.3 is 0 Å². The van der Waals surface area contributed by atoms with Gasteiger partial charge in [-0.25, -0.2) is 16.8 Å². The van der Waals surface area contributed by atoms with Crippen LogP contribution in [0.15, 0.2) is 58.3 Å². The molecule has 0 atom stereocenters. The second-order valence-electron chi connectivity index (χ2n) is 5.70. The van der Waals surface area contributed by atoms with Crippen LogP contribution in [-0.2, 0) is 24.5 Å². The van der Waals surface area contributed by atoms with Gasteiger partial charge in [-0.3, -0.25) is 4.79 Å². The number of sulfone groups is 2. The molecule has 0 unspecified atom stereocenters. The average Bonchev–Trinajstić information content (AvgIpc) is 2.53. The molecule has 0 saturated heterocycles. The molecule has 0 spiro atoms. The molecule has 2 rings (SSSR count). The third kappa shape index (κ3) is 5.14. The topological polar surface area (TPSA) is 97.4 Å². The van der Waals surface area contributed by atoms with Crippen LogP contribution in [0.25, 0.3) is 0 Å². The first-order valence-corrected chi connectivity index (χ1v) is 11.0. The summed E-state index contributed by atoms with van der Waals surface area (Å²) in [6.45, 7) is 1.85. The Labute approximate surface area is 147 Å². The Morgan fingerprint density at radius 2 is 1.56 bits per heavy atom. The number of carbonyl (C=O) groups excluding carboxylic acids is 1. The van der Waals surface area contributed by atoms with Gasteiger partial charge in [0, 0.05) is 12.7 Å². The van der Waals surface area contributed by atoms with E-state index in [-0.39, 0.29) is 27.7 Å². The van der Waals surface area contributed by atoms with Crippen molar-refractivity contribution in [1.82, 2.24) is 0 Å². The van der Waals surface area contributed by atoms with Crippen molar-refractivity contribution in [3.8, 4) is 0 Å². The van der Waals surface area contributed by atoms with Crippen LogP contribution in [0, 0.1) is 6.92 Å². The normalized spacial score (nSPS) is 11.9. The molecular weight excluding hydrogens is 362 g/mol. The number of amides is 1. The lowest BCUT2D eigenvalue weighted by Gasteiger charge is -2.10. The van der Waals surface area contributed by atoms with E-state index in [9.17, 15) is 21.6 Å². The van der Waals surface area contributed by atoms with Crippen molar-refractivity contribution in [3.63, 3.8) is 0 Å². The summed E-state index contributed by atoms with van der Waals surface area (Å²) in [6, 6.07) is 12.4. The summed E-state index contributed by atoms with van der Waals surface area (Å²) in [4.78, 5) is 12.2. The molecule has 0 bridgehead atoms. The summed E-state index contributed by atoms with van der Waals surface area (Å²) in [5.41, 5.74) is 1.08. The lowest BCUT2D eigenvalue weighted by atomic mass is 10.2. The van der Waals surface area contributed by atoms with Crippen LogP contribution in [0.2, 0.25) is 0 Å². The van der Waals surface area contributed by atoms with Gasteiger partial charge in [-0.2, -0.15) is 0 Å². The molecule has 0 heterocycles. The minimum absolute atomic E-state index is 0.00950. The fraction of sp³-hybridized carbons (Fsp3) is 0.235. The van der Waals surface area contributed by atoms with Crippen LogP contribution in [0.1, 0.15) is 12.0 Å². The van der Waals surface area contributed by atoms with Crippen LogP contribution in [-0.4, -0.2) is 34.8 Å². The van der Waals surface area contributed by atoms with Crippen LogP contribution in [0.4, 0.5) is 5.69 Å². The van der Waals surface area contributed by atoms with Gasteiger partial charge in [0.1, 0.15) is 0 Å². The number of nitrogens with one attached hydrogen (secondary N) is 1. The van der Waals surface area contributed by atoms with Crippen molar-refractivity contribution >= 4 is 31.3 Å². The van der Waals surface area contributed by atoms with Crippen LogP contribution >= 0.6 is 0 Å². The van der Waals surface area contributed by atoms with E-state index >= 15 is 0 Å². The molecule has 2 aromatic rings. The van der Waals surface area contributed by atoms with Gasteiger partial charge in [-0.05, 0) is 31.2 Å². The molecule has 8 heteroatoms. The van der Waals surface area contributed by atoms with E-state index in [1.165, 1.54) is 24.3 Å². The largest absolute Gasteiger partial charge is 0.325 e. The Morgan fingerprint density at radius 3 is 2.16 bits per heavy atom. The lowest BCUT2D eigenvalue weighted by molar-refractivity contribution is -0.115. The van der Waals surface area contributed by atoms with E-state index in [0.29, 0.717) is 0 Å². The molecule has 0 fully saturated rings. The van der Waals surface area contributed by atoms with E-state index in [1.807, 2.05) is 6.92 Å². The Morgan fingerprint density at radius 1 is 0.960 bits per heavy atom. The Kier molecular flexibility index (Phi) is 5.64. The molecule has 6 nitrogen and oxygen atoms in total. The number of hydrogen-bond acceptors (Lipinski definition) is 5. The average molecular weight is 381 g/mol. The molecule has 0 radical (unpaired) electrons. The smallest absolute Gasteiger partial charge is 0.225 e. The first kappa shape index (κ1) is 19.1. The maximum atomic E-state index is 12.3. The summed E-state index contributed by atoms with van der Waals surface area (Å²) < 4.78 is 47.9. The highest BCUT2D eigenvalue weighted by Gasteiger charge is 2.18. The quantitative estimate of drug-likeness (QED) is 0.827. The van der Waals surface area contributed by atoms with Crippen molar-refractivity contribution in [2.75, 3.05) is 17.3 Å². The fourth-order valence-electron chi connectivity index (χ4n) is 2.20. The minimum Gasteiger partial charge on any atom is -0.325 e. The first-order chi connectivity index (χ1) is 11.6. The Bertz CT molecular complexity index is 978. The van der Waals surface area contributed by atoms with Crippen molar-refractivity contribution in [2.45, 2.75) is 23.1 Å². The summed E-state index contributed by atoms with van der Waals surface area (Å²) in [5.74, 6) is -0.921. The zero-order valence-corrected chi connectivity index (χ0v) is 15.5. The summed E-state index contributed by atoms with van der Waals surface area (Å²) in [5, 5.41) is 2.47. The first-order valence-electron chi connectivity index (χ1n) is 7.48. The predicted molar refractivity (Wildman–Crippen MR) is 96.0 cm³/mol. The standard InChI is InChI=1S/C17H19NO5S2/c1-13-7-9-14(10-8-13)25(22,23)12-11-17(19)18-15-5-3-4-6-16(15)24(2,20)21/h3-10H,11-12H2,1-2H3,(H,18,19). The van der Waals surface area contributed by atoms with Crippen LogP contribution in [0.5, 0.6) is 0 Å². The molecule has 0 aliphatic heterocycles. The van der Waals surface area contributed by atoms with Crippen molar-refractivity contribution < 1.29 is 21.6 Å². The number of rotatable bonds is 6. The van der Waals surface area contributed by atoms with Crippen molar-refractivity contribution in [3.05, 3.63) is 54.1 Å². The maximum absolute atomic E-state index is 12.3. The summed E-state index contributed by atoms with van der Waals surface area (Å²) in [7, 11) is -7.08. The van der Waals surface area contributed by atoms with Gasteiger partial charge in [-0.15, -0.1) is 0 Å². The molecule has 1 N–H and O–H groups in total. The van der Waals surface area contributed by atoms with Gasteiger partial charge in [0.2, 0.25) is 5.91 Å². The second kappa shape index (κ2) is 7.37. The minimum atomic E-state index is -3.58. The zero-order chi connectivity index (χ0) is 18.7. The van der Waals surface area contributed by atoms with Crippen molar-refractivity contribution in [2.24, 2.45) is 0 Å². The number of hydrogen-bond donors (Lipinski definition) is 1. The van der Waals surface area contributed by atoms with Gasteiger partial charge in [0.15, 0.2) is 19.7 Å². The van der Waals surface area contributed by atoms with Crippen LogP contribution < -0.4 is 5.32 Å². The van der Waals surface area contributed by atoms with E-state index in [4.69, 9.17) is 0 Å². The zero-order valence-electron chi connectivity index (χ0n) is 13.9. The number of aryl methyl sites for hydroxylation is 1. The van der Waals surface area contributed by atoms with Crippen LogP contribution in [0.3, 0.4) is 0 Å². The van der Waals surface area contributed by atoms with E-state index in [1.54, 1.807) is 24.3 Å². The van der Waals surface area contributed by atoms with Gasteiger partial charge in [0.05, 0.1) is 21.2 Å². The molecule has 2 aromatic carbocycles. The number of benzene rings is 2. The maximum Gasteiger partial charge on any atom is 0.225 e. The highest BCUT2D eigenvalue weighted by Crippen LogP contribution is 2.21. The van der Waals surface area contributed by atoms with E-state index in [2.05, 4.69) is 5.32 Å². The molecule has 25 heavy (non-hydrogen) atoms. The van der Waals surface area contributed by atoms with Crippen molar-refractivity contribution in [1.29, 1.82) is 0 Å². The van der Waals surface area contributed by atoms with E-state index in [0.717, 1.165) is 11.8 Å². The highest BCUT2D eigenvalue weighted by atomic mass is 32.2. The second-order valence-corrected chi connectivity index (χ2v) is 9.79. The highest BCUT2D eigenvalue weighted by molar-refractivity contribution is 7.91.